The van der Waals surface area contributed by atoms with E-state index in [1.54, 1.807) is 24.3 Å². The average Bonchev–Trinajstić information content (AvgIpc) is 2.82. The molecule has 3 rings (SSSR count). The molecule has 0 bridgehead atoms. The molecular weight excluding hydrogens is 442 g/mol. The Kier molecular flexibility index (Phi) is 8.46. The van der Waals surface area contributed by atoms with Crippen LogP contribution in [0.4, 0.5) is 0 Å². The van der Waals surface area contributed by atoms with Crippen LogP contribution in [0.1, 0.15) is 42.4 Å². The van der Waals surface area contributed by atoms with Crippen molar-refractivity contribution in [3.05, 3.63) is 59.2 Å². The normalized spacial score (nSPS) is 14.5. The maximum Gasteiger partial charge on any atom is 0.276 e. The van der Waals surface area contributed by atoms with E-state index < -0.39 is 15.9 Å². The van der Waals surface area contributed by atoms with Crippen molar-refractivity contribution in [3.8, 4) is 5.75 Å². The molecule has 1 heterocycles. The molecule has 0 unspecified atom stereocenters. The number of hydrazine groups is 1. The van der Waals surface area contributed by atoms with Crippen molar-refractivity contribution in [3.63, 3.8) is 0 Å². The van der Waals surface area contributed by atoms with Crippen molar-refractivity contribution in [2.45, 2.75) is 50.8 Å². The Bertz CT molecular complexity index is 1080. The zero-order valence-electron chi connectivity index (χ0n) is 19.1. The predicted molar refractivity (Wildman–Crippen MR) is 125 cm³/mol. The molecule has 2 aromatic rings. The van der Waals surface area contributed by atoms with Gasteiger partial charge in [-0.15, -0.1) is 0 Å². The summed E-state index contributed by atoms with van der Waals surface area (Å²) in [6.45, 7) is 4.74. The maximum atomic E-state index is 12.7. The third kappa shape index (κ3) is 7.03. The summed E-state index contributed by atoms with van der Waals surface area (Å²) in [5.74, 6) is -0.182. The number of sulfonamides is 1. The minimum Gasteiger partial charge on any atom is -0.483 e. The first-order valence-electron chi connectivity index (χ1n) is 11.1. The summed E-state index contributed by atoms with van der Waals surface area (Å²) in [7, 11) is -3.46. The first-order valence-corrected chi connectivity index (χ1v) is 12.6. The van der Waals surface area contributed by atoms with Gasteiger partial charge < -0.3 is 4.74 Å². The van der Waals surface area contributed by atoms with E-state index in [0.717, 1.165) is 36.0 Å². The Morgan fingerprint density at radius 3 is 2.30 bits per heavy atom. The maximum absolute atomic E-state index is 12.7. The standard InChI is InChI=1S/C24H31N3O5S/c1-18-6-7-19(2)22(16-18)32-17-24(29)26-25-23(28)13-10-20-8-11-21(12-9-20)33(30,31)27-14-4-3-5-15-27/h6-9,11-12,16H,3-5,10,13-15,17H2,1-2H3,(H,25,28)(H,26,29). The molecule has 9 heteroatoms. The van der Waals surface area contributed by atoms with Gasteiger partial charge in [0.15, 0.2) is 6.61 Å². The van der Waals surface area contributed by atoms with Crippen LogP contribution in [0.5, 0.6) is 5.75 Å². The number of nitrogens with one attached hydrogen (secondary N) is 2. The monoisotopic (exact) mass is 473 g/mol. The predicted octanol–water partition coefficient (Wildman–Crippen LogP) is 2.64. The highest BCUT2D eigenvalue weighted by Gasteiger charge is 2.25. The molecule has 0 aliphatic carbocycles. The fraction of sp³-hybridized carbons (Fsp3) is 0.417. The van der Waals surface area contributed by atoms with Gasteiger partial charge in [0.2, 0.25) is 15.9 Å². The molecule has 0 aromatic heterocycles. The zero-order valence-corrected chi connectivity index (χ0v) is 19.9. The smallest absolute Gasteiger partial charge is 0.276 e. The first kappa shape index (κ1) is 24.7. The third-order valence-corrected chi connectivity index (χ3v) is 7.47. The Morgan fingerprint density at radius 2 is 1.61 bits per heavy atom. The lowest BCUT2D eigenvalue weighted by Crippen LogP contribution is -2.43. The number of ether oxygens (including phenoxy) is 1. The Hall–Kier alpha value is -2.91. The summed E-state index contributed by atoms with van der Waals surface area (Å²) >= 11 is 0. The van der Waals surface area contributed by atoms with Gasteiger partial charge in [-0.2, -0.15) is 4.31 Å². The number of amides is 2. The fourth-order valence-corrected chi connectivity index (χ4v) is 5.10. The minimum atomic E-state index is -3.46. The lowest BCUT2D eigenvalue weighted by atomic mass is 10.1. The molecule has 33 heavy (non-hydrogen) atoms. The van der Waals surface area contributed by atoms with E-state index in [-0.39, 0.29) is 23.8 Å². The number of piperidine rings is 1. The second kappa shape index (κ2) is 11.3. The van der Waals surface area contributed by atoms with Gasteiger partial charge in [0, 0.05) is 19.5 Å². The Balaban J connectivity index is 1.41. The van der Waals surface area contributed by atoms with Crippen LogP contribution in [0.25, 0.3) is 0 Å². The zero-order chi connectivity index (χ0) is 23.8. The topological polar surface area (TPSA) is 105 Å². The van der Waals surface area contributed by atoms with E-state index in [4.69, 9.17) is 4.74 Å². The second-order valence-electron chi connectivity index (χ2n) is 8.26. The molecule has 8 nitrogen and oxygen atoms in total. The van der Waals surface area contributed by atoms with Crippen molar-refractivity contribution in [1.29, 1.82) is 0 Å². The molecule has 178 valence electrons. The summed E-state index contributed by atoms with van der Waals surface area (Å²) in [6, 6.07) is 12.3. The SMILES string of the molecule is Cc1ccc(C)c(OCC(=O)NNC(=O)CCc2ccc(S(=O)(=O)N3CCCCC3)cc2)c1. The van der Waals surface area contributed by atoms with Crippen molar-refractivity contribution in [2.24, 2.45) is 0 Å². The van der Waals surface area contributed by atoms with Gasteiger partial charge in [-0.05, 0) is 68.0 Å². The Labute approximate surface area is 195 Å². The highest BCUT2D eigenvalue weighted by molar-refractivity contribution is 7.89. The van der Waals surface area contributed by atoms with Gasteiger partial charge in [0.25, 0.3) is 5.91 Å². The molecule has 1 aliphatic heterocycles. The van der Waals surface area contributed by atoms with Crippen LogP contribution in [0.2, 0.25) is 0 Å². The van der Waals surface area contributed by atoms with Crippen molar-refractivity contribution in [2.75, 3.05) is 19.7 Å². The van der Waals surface area contributed by atoms with Gasteiger partial charge in [-0.3, -0.25) is 20.4 Å². The van der Waals surface area contributed by atoms with Crippen LogP contribution in [0.3, 0.4) is 0 Å². The molecular formula is C24H31N3O5S. The highest BCUT2D eigenvalue weighted by Crippen LogP contribution is 2.21. The van der Waals surface area contributed by atoms with Crippen LogP contribution in [0.15, 0.2) is 47.4 Å². The number of hydrogen-bond acceptors (Lipinski definition) is 5. The first-order chi connectivity index (χ1) is 15.8. The summed E-state index contributed by atoms with van der Waals surface area (Å²) < 4.78 is 32.4. The quantitative estimate of drug-likeness (QED) is 0.574. The summed E-state index contributed by atoms with van der Waals surface area (Å²) in [4.78, 5) is 24.3. The van der Waals surface area contributed by atoms with E-state index in [2.05, 4.69) is 10.9 Å². The number of aryl methyl sites for hydroxylation is 3. The lowest BCUT2D eigenvalue weighted by molar-refractivity contribution is -0.130. The van der Waals surface area contributed by atoms with Crippen LogP contribution < -0.4 is 15.6 Å². The molecule has 0 spiro atoms. The second-order valence-corrected chi connectivity index (χ2v) is 10.2. The van der Waals surface area contributed by atoms with Gasteiger partial charge >= 0.3 is 0 Å². The molecule has 2 N–H and O–H groups in total. The van der Waals surface area contributed by atoms with Gasteiger partial charge in [-0.25, -0.2) is 8.42 Å². The van der Waals surface area contributed by atoms with Crippen molar-refractivity contribution < 1.29 is 22.7 Å². The summed E-state index contributed by atoms with van der Waals surface area (Å²) in [6.07, 6.45) is 3.41. The number of rotatable bonds is 8. The van der Waals surface area contributed by atoms with Gasteiger partial charge in [-0.1, -0.05) is 30.7 Å². The molecule has 2 aromatic carbocycles. The number of nitrogens with zero attached hydrogens (tertiary/aromatic N) is 1. The van der Waals surface area contributed by atoms with E-state index in [1.165, 1.54) is 4.31 Å². The Morgan fingerprint density at radius 1 is 0.939 bits per heavy atom. The highest BCUT2D eigenvalue weighted by atomic mass is 32.2. The number of hydrogen-bond donors (Lipinski definition) is 2. The van der Waals surface area contributed by atoms with Crippen molar-refractivity contribution >= 4 is 21.8 Å². The number of benzene rings is 2. The van der Waals surface area contributed by atoms with Crippen LogP contribution in [-0.2, 0) is 26.0 Å². The largest absolute Gasteiger partial charge is 0.483 e. The van der Waals surface area contributed by atoms with E-state index >= 15 is 0 Å². The molecule has 0 radical (unpaired) electrons. The average molecular weight is 474 g/mol. The molecule has 2 amide bonds. The van der Waals surface area contributed by atoms with E-state index in [0.29, 0.717) is 25.3 Å². The molecule has 0 atom stereocenters. The van der Waals surface area contributed by atoms with Gasteiger partial charge in [0.1, 0.15) is 5.75 Å². The third-order valence-electron chi connectivity index (χ3n) is 5.56. The number of carbonyl (C=O) groups is 2. The van der Waals surface area contributed by atoms with E-state index in [1.807, 2.05) is 32.0 Å². The van der Waals surface area contributed by atoms with Crippen LogP contribution in [-0.4, -0.2) is 44.2 Å². The molecule has 1 fully saturated rings. The molecule has 1 saturated heterocycles. The minimum absolute atomic E-state index is 0.149. The molecule has 0 saturated carbocycles. The van der Waals surface area contributed by atoms with Gasteiger partial charge in [0.05, 0.1) is 4.90 Å². The van der Waals surface area contributed by atoms with Crippen LogP contribution in [0, 0.1) is 13.8 Å². The van der Waals surface area contributed by atoms with Crippen LogP contribution >= 0.6 is 0 Å². The molecule has 1 aliphatic rings. The fourth-order valence-electron chi connectivity index (χ4n) is 3.58. The summed E-state index contributed by atoms with van der Waals surface area (Å²) in [5, 5.41) is 0. The van der Waals surface area contributed by atoms with E-state index in [9.17, 15) is 18.0 Å². The lowest BCUT2D eigenvalue weighted by Gasteiger charge is -2.25. The number of carbonyl (C=O) groups excluding carboxylic acids is 2. The van der Waals surface area contributed by atoms with Crippen molar-refractivity contribution in [1.82, 2.24) is 15.2 Å². The summed E-state index contributed by atoms with van der Waals surface area (Å²) in [5.41, 5.74) is 7.51.